The number of amides is 2. The SMILES string of the molecule is Cc1cc(C(N)=O)ccc1NC(=O)c1ccnc(CN)c1. The number of nitrogens with zero attached hydrogens (tertiary/aromatic N) is 1. The molecule has 0 saturated carbocycles. The number of benzene rings is 1. The van der Waals surface area contributed by atoms with Crippen LogP contribution in [0.2, 0.25) is 0 Å². The minimum atomic E-state index is -0.502. The number of carbonyl (C=O) groups excluding carboxylic acids is 2. The summed E-state index contributed by atoms with van der Waals surface area (Å²) < 4.78 is 0. The highest BCUT2D eigenvalue weighted by Crippen LogP contribution is 2.17. The van der Waals surface area contributed by atoms with Gasteiger partial charge in [-0.2, -0.15) is 0 Å². The average Bonchev–Trinajstić information content (AvgIpc) is 2.49. The number of hydrogen-bond donors (Lipinski definition) is 3. The highest BCUT2D eigenvalue weighted by Gasteiger charge is 2.10. The van der Waals surface area contributed by atoms with Gasteiger partial charge >= 0.3 is 0 Å². The van der Waals surface area contributed by atoms with Gasteiger partial charge in [0.25, 0.3) is 5.91 Å². The molecule has 6 heteroatoms. The molecule has 1 heterocycles. The van der Waals surface area contributed by atoms with Crippen molar-refractivity contribution in [2.75, 3.05) is 5.32 Å². The molecule has 108 valence electrons. The van der Waals surface area contributed by atoms with Gasteiger partial charge in [-0.1, -0.05) is 0 Å². The van der Waals surface area contributed by atoms with E-state index in [9.17, 15) is 9.59 Å². The van der Waals surface area contributed by atoms with Crippen molar-refractivity contribution in [3.63, 3.8) is 0 Å². The monoisotopic (exact) mass is 284 g/mol. The van der Waals surface area contributed by atoms with Gasteiger partial charge in [-0.3, -0.25) is 14.6 Å². The highest BCUT2D eigenvalue weighted by molar-refractivity contribution is 6.05. The molecule has 0 unspecified atom stereocenters. The zero-order chi connectivity index (χ0) is 15.4. The Morgan fingerprint density at radius 2 is 1.95 bits per heavy atom. The number of hydrogen-bond acceptors (Lipinski definition) is 4. The summed E-state index contributed by atoms with van der Waals surface area (Å²) in [5, 5.41) is 2.78. The van der Waals surface area contributed by atoms with E-state index in [0.717, 1.165) is 5.56 Å². The first-order chi connectivity index (χ1) is 10.0. The minimum Gasteiger partial charge on any atom is -0.366 e. The van der Waals surface area contributed by atoms with Crippen molar-refractivity contribution in [2.24, 2.45) is 11.5 Å². The molecule has 0 atom stereocenters. The maximum Gasteiger partial charge on any atom is 0.255 e. The molecule has 1 aromatic heterocycles. The molecule has 0 spiro atoms. The summed E-state index contributed by atoms with van der Waals surface area (Å²) in [6, 6.07) is 8.11. The van der Waals surface area contributed by atoms with Crippen molar-refractivity contribution in [2.45, 2.75) is 13.5 Å². The Morgan fingerprint density at radius 3 is 2.57 bits per heavy atom. The zero-order valence-corrected chi connectivity index (χ0v) is 11.6. The summed E-state index contributed by atoms with van der Waals surface area (Å²) in [6.45, 7) is 2.06. The molecule has 0 aliphatic carbocycles. The average molecular weight is 284 g/mol. The third-order valence-electron chi connectivity index (χ3n) is 3.05. The number of nitrogens with two attached hydrogens (primary N) is 2. The van der Waals surface area contributed by atoms with Crippen molar-refractivity contribution in [1.29, 1.82) is 0 Å². The maximum atomic E-state index is 12.2. The first-order valence-corrected chi connectivity index (χ1v) is 6.38. The van der Waals surface area contributed by atoms with E-state index in [2.05, 4.69) is 10.3 Å². The largest absolute Gasteiger partial charge is 0.366 e. The van der Waals surface area contributed by atoms with Crippen LogP contribution in [0.3, 0.4) is 0 Å². The Hall–Kier alpha value is -2.73. The summed E-state index contributed by atoms with van der Waals surface area (Å²) in [4.78, 5) is 27.3. The molecular weight excluding hydrogens is 268 g/mol. The van der Waals surface area contributed by atoms with Crippen LogP contribution in [-0.4, -0.2) is 16.8 Å². The van der Waals surface area contributed by atoms with Gasteiger partial charge in [0.15, 0.2) is 0 Å². The summed E-state index contributed by atoms with van der Waals surface area (Å²) in [5.74, 6) is -0.764. The molecule has 0 aliphatic rings. The Bertz CT molecular complexity index is 698. The summed E-state index contributed by atoms with van der Waals surface area (Å²) in [5.41, 5.74) is 13.6. The van der Waals surface area contributed by atoms with Crippen LogP contribution in [-0.2, 0) is 6.54 Å². The van der Waals surface area contributed by atoms with E-state index in [0.29, 0.717) is 22.5 Å². The molecule has 0 bridgehead atoms. The van der Waals surface area contributed by atoms with E-state index < -0.39 is 5.91 Å². The van der Waals surface area contributed by atoms with Gasteiger partial charge in [0, 0.05) is 29.6 Å². The van der Waals surface area contributed by atoms with Crippen LogP contribution in [0.1, 0.15) is 32.0 Å². The minimum absolute atomic E-state index is 0.262. The van der Waals surface area contributed by atoms with Crippen LogP contribution in [0.25, 0.3) is 0 Å². The predicted octanol–water partition coefficient (Wildman–Crippen LogP) is 1.20. The molecule has 0 radical (unpaired) electrons. The lowest BCUT2D eigenvalue weighted by molar-refractivity contribution is 0.0998. The van der Waals surface area contributed by atoms with Crippen LogP contribution in [0.4, 0.5) is 5.69 Å². The van der Waals surface area contributed by atoms with Gasteiger partial charge in [-0.15, -0.1) is 0 Å². The van der Waals surface area contributed by atoms with Crippen molar-refractivity contribution in [3.05, 3.63) is 58.9 Å². The number of carbonyl (C=O) groups is 2. The number of aryl methyl sites for hydroxylation is 1. The maximum absolute atomic E-state index is 12.2. The molecule has 5 N–H and O–H groups in total. The second kappa shape index (κ2) is 6.15. The second-order valence-corrected chi connectivity index (χ2v) is 4.59. The fraction of sp³-hybridized carbons (Fsp3) is 0.133. The molecule has 2 amide bonds. The third-order valence-corrected chi connectivity index (χ3v) is 3.05. The van der Waals surface area contributed by atoms with Crippen LogP contribution >= 0.6 is 0 Å². The van der Waals surface area contributed by atoms with Gasteiger partial charge in [-0.05, 0) is 42.8 Å². The van der Waals surface area contributed by atoms with Gasteiger partial charge in [0.05, 0.1) is 5.69 Å². The number of aromatic nitrogens is 1. The van der Waals surface area contributed by atoms with Gasteiger partial charge in [-0.25, -0.2) is 0 Å². The first kappa shape index (κ1) is 14.7. The number of pyridine rings is 1. The van der Waals surface area contributed by atoms with E-state index in [1.54, 1.807) is 43.5 Å². The van der Waals surface area contributed by atoms with Crippen LogP contribution in [0.5, 0.6) is 0 Å². The fourth-order valence-electron chi connectivity index (χ4n) is 1.88. The number of nitrogens with one attached hydrogen (secondary N) is 1. The van der Waals surface area contributed by atoms with Gasteiger partial charge in [0.1, 0.15) is 0 Å². The predicted molar refractivity (Wildman–Crippen MR) is 79.8 cm³/mol. The lowest BCUT2D eigenvalue weighted by Gasteiger charge is -2.10. The van der Waals surface area contributed by atoms with E-state index in [1.165, 1.54) is 0 Å². The standard InChI is InChI=1S/C15H16N4O2/c1-9-6-10(14(17)20)2-3-13(9)19-15(21)11-4-5-18-12(7-11)8-16/h2-7H,8,16H2,1H3,(H2,17,20)(H,19,21). The van der Waals surface area contributed by atoms with Crippen LogP contribution in [0, 0.1) is 6.92 Å². The number of anilines is 1. The third kappa shape index (κ3) is 3.43. The van der Waals surface area contributed by atoms with E-state index in [-0.39, 0.29) is 12.5 Å². The topological polar surface area (TPSA) is 111 Å². The van der Waals surface area contributed by atoms with Crippen LogP contribution < -0.4 is 16.8 Å². The second-order valence-electron chi connectivity index (χ2n) is 4.59. The Balaban J connectivity index is 2.21. The van der Waals surface area contributed by atoms with E-state index in [1.807, 2.05) is 0 Å². The summed E-state index contributed by atoms with van der Waals surface area (Å²) in [7, 11) is 0. The molecule has 21 heavy (non-hydrogen) atoms. The lowest BCUT2D eigenvalue weighted by atomic mass is 10.1. The number of primary amides is 1. The lowest BCUT2D eigenvalue weighted by Crippen LogP contribution is -2.15. The number of rotatable bonds is 4. The van der Waals surface area contributed by atoms with E-state index >= 15 is 0 Å². The van der Waals surface area contributed by atoms with Crippen molar-refractivity contribution < 1.29 is 9.59 Å². The summed E-state index contributed by atoms with van der Waals surface area (Å²) >= 11 is 0. The van der Waals surface area contributed by atoms with E-state index in [4.69, 9.17) is 11.5 Å². The molecule has 0 saturated heterocycles. The molecule has 2 aromatic rings. The Labute approximate surface area is 122 Å². The molecule has 2 rings (SSSR count). The molecule has 1 aromatic carbocycles. The van der Waals surface area contributed by atoms with Gasteiger partial charge < -0.3 is 16.8 Å². The summed E-state index contributed by atoms with van der Waals surface area (Å²) in [6.07, 6.45) is 1.54. The Morgan fingerprint density at radius 1 is 1.19 bits per heavy atom. The normalized spacial score (nSPS) is 10.2. The van der Waals surface area contributed by atoms with Crippen molar-refractivity contribution in [3.8, 4) is 0 Å². The fourth-order valence-corrected chi connectivity index (χ4v) is 1.88. The Kier molecular flexibility index (Phi) is 4.30. The molecular formula is C15H16N4O2. The molecule has 0 fully saturated rings. The van der Waals surface area contributed by atoms with Gasteiger partial charge in [0.2, 0.25) is 5.91 Å². The highest BCUT2D eigenvalue weighted by atomic mass is 16.2. The molecule has 0 aliphatic heterocycles. The van der Waals surface area contributed by atoms with Crippen LogP contribution in [0.15, 0.2) is 36.5 Å². The smallest absolute Gasteiger partial charge is 0.255 e. The first-order valence-electron chi connectivity index (χ1n) is 6.38. The quantitative estimate of drug-likeness (QED) is 0.783. The zero-order valence-electron chi connectivity index (χ0n) is 11.6. The van der Waals surface area contributed by atoms with Crippen molar-refractivity contribution in [1.82, 2.24) is 4.98 Å². The molecule has 6 nitrogen and oxygen atoms in total. The van der Waals surface area contributed by atoms with Crippen molar-refractivity contribution >= 4 is 17.5 Å².